The summed E-state index contributed by atoms with van der Waals surface area (Å²) in [5.74, 6) is 0.214. The summed E-state index contributed by atoms with van der Waals surface area (Å²) in [4.78, 5) is 18.2. The lowest BCUT2D eigenvalue weighted by Crippen LogP contribution is -2.46. The molecule has 0 unspecified atom stereocenters. The van der Waals surface area contributed by atoms with Crippen LogP contribution in [0.15, 0.2) is 18.2 Å². The molecule has 0 radical (unpaired) electrons. The highest BCUT2D eigenvalue weighted by molar-refractivity contribution is 5.74. The maximum Gasteiger partial charge on any atom is 0.319 e. The number of hydrogen-bond acceptors (Lipinski definition) is 2. The Morgan fingerprint density at radius 1 is 1.22 bits per heavy atom. The number of carbonyl (C=O) groups excluding carboxylic acids is 1. The normalized spacial score (nSPS) is 16.0. The highest BCUT2D eigenvalue weighted by Crippen LogP contribution is 2.31. The van der Waals surface area contributed by atoms with Crippen molar-refractivity contribution in [1.82, 2.24) is 14.7 Å². The molecule has 5 heteroatoms. The van der Waals surface area contributed by atoms with Gasteiger partial charge in [0.05, 0.1) is 0 Å². The van der Waals surface area contributed by atoms with Gasteiger partial charge in [-0.2, -0.15) is 0 Å². The average Bonchev–Trinajstić information content (AvgIpc) is 2.54. The van der Waals surface area contributed by atoms with Crippen molar-refractivity contribution in [3.8, 4) is 0 Å². The fourth-order valence-corrected chi connectivity index (χ4v) is 3.14. The minimum Gasteiger partial charge on any atom is -0.326 e. The molecule has 2 amide bonds. The summed E-state index contributed by atoms with van der Waals surface area (Å²) in [6, 6.07) is 5.41. The molecule has 4 nitrogen and oxygen atoms in total. The second-order valence-electron chi connectivity index (χ2n) is 6.72. The van der Waals surface area contributed by atoms with Crippen LogP contribution in [0, 0.1) is 12.7 Å². The molecule has 1 aromatic rings. The van der Waals surface area contributed by atoms with Crippen LogP contribution in [0.25, 0.3) is 0 Å². The fourth-order valence-electron chi connectivity index (χ4n) is 3.14. The summed E-state index contributed by atoms with van der Waals surface area (Å²) in [5, 5.41) is 0. The van der Waals surface area contributed by atoms with E-state index in [1.54, 1.807) is 11.0 Å². The van der Waals surface area contributed by atoms with Crippen molar-refractivity contribution in [2.45, 2.75) is 25.7 Å². The van der Waals surface area contributed by atoms with E-state index in [1.165, 1.54) is 6.07 Å². The first-order valence-corrected chi connectivity index (χ1v) is 8.30. The van der Waals surface area contributed by atoms with Gasteiger partial charge >= 0.3 is 6.03 Å². The van der Waals surface area contributed by atoms with Crippen molar-refractivity contribution in [1.29, 1.82) is 0 Å². The molecule has 0 spiro atoms. The van der Waals surface area contributed by atoms with Crippen molar-refractivity contribution in [3.63, 3.8) is 0 Å². The van der Waals surface area contributed by atoms with Crippen LogP contribution in [0.1, 0.15) is 29.9 Å². The molecular formula is C18H28FN3O. The van der Waals surface area contributed by atoms with Gasteiger partial charge in [-0.1, -0.05) is 12.1 Å². The number of hydrogen-bond donors (Lipinski definition) is 0. The highest BCUT2D eigenvalue weighted by Gasteiger charge is 2.26. The number of likely N-dealkylation sites (N-methyl/N-ethyl adjacent to an activating group) is 2. The largest absolute Gasteiger partial charge is 0.326 e. The topological polar surface area (TPSA) is 26.8 Å². The minimum atomic E-state index is -0.135. The van der Waals surface area contributed by atoms with E-state index in [2.05, 4.69) is 4.90 Å². The summed E-state index contributed by atoms with van der Waals surface area (Å²) in [5.41, 5.74) is 1.85. The van der Waals surface area contributed by atoms with Gasteiger partial charge in [-0.25, -0.2) is 9.18 Å². The number of carbonyl (C=O) groups is 1. The first-order valence-electron chi connectivity index (χ1n) is 8.30. The lowest BCUT2D eigenvalue weighted by atomic mass is 9.87. The third kappa shape index (κ3) is 4.44. The van der Waals surface area contributed by atoms with Gasteiger partial charge in [0.1, 0.15) is 5.82 Å². The Bertz CT molecular complexity index is 539. The molecule has 128 valence electrons. The SMILES string of the molecule is Cc1c(F)cccc1C1CCN(C(=O)N(C)CCN(C)C)CC1. The smallest absolute Gasteiger partial charge is 0.319 e. The van der Waals surface area contributed by atoms with Crippen LogP contribution < -0.4 is 0 Å². The Labute approximate surface area is 138 Å². The predicted octanol–water partition coefficient (Wildman–Crippen LogP) is 2.93. The van der Waals surface area contributed by atoms with Crippen LogP contribution in [-0.2, 0) is 0 Å². The number of piperidine rings is 1. The van der Waals surface area contributed by atoms with Crippen molar-refractivity contribution >= 4 is 6.03 Å². The van der Waals surface area contributed by atoms with E-state index in [9.17, 15) is 9.18 Å². The van der Waals surface area contributed by atoms with Crippen LogP contribution in [0.2, 0.25) is 0 Å². The standard InChI is InChI=1S/C18H28FN3O/c1-14-16(6-5-7-17(14)19)15-8-10-22(11-9-15)18(23)21(4)13-12-20(2)3/h5-7,15H,8-13H2,1-4H3. The molecule has 0 saturated carbocycles. The monoisotopic (exact) mass is 321 g/mol. The first-order chi connectivity index (χ1) is 10.9. The van der Waals surface area contributed by atoms with Crippen molar-refractivity contribution in [2.24, 2.45) is 0 Å². The Hall–Kier alpha value is -1.62. The van der Waals surface area contributed by atoms with Gasteiger partial charge in [0, 0.05) is 33.2 Å². The van der Waals surface area contributed by atoms with Gasteiger partial charge in [-0.05, 0) is 57.0 Å². The zero-order chi connectivity index (χ0) is 17.0. The molecule has 0 bridgehead atoms. The Kier molecular flexibility index (Phi) is 5.99. The maximum absolute atomic E-state index is 13.7. The summed E-state index contributed by atoms with van der Waals surface area (Å²) in [6.07, 6.45) is 1.80. The van der Waals surface area contributed by atoms with Crippen LogP contribution in [0.3, 0.4) is 0 Å². The maximum atomic E-state index is 13.7. The average molecular weight is 321 g/mol. The molecule has 1 aliphatic heterocycles. The highest BCUT2D eigenvalue weighted by atomic mass is 19.1. The van der Waals surface area contributed by atoms with Gasteiger partial charge in [0.15, 0.2) is 0 Å². The molecule has 2 rings (SSSR count). The summed E-state index contributed by atoms with van der Waals surface area (Å²) in [7, 11) is 5.87. The number of urea groups is 1. The quantitative estimate of drug-likeness (QED) is 0.852. The number of halogens is 1. The van der Waals surface area contributed by atoms with E-state index in [4.69, 9.17) is 0 Å². The lowest BCUT2D eigenvalue weighted by molar-refractivity contribution is 0.146. The zero-order valence-electron chi connectivity index (χ0n) is 14.7. The van der Waals surface area contributed by atoms with Crippen molar-refractivity contribution in [3.05, 3.63) is 35.1 Å². The van der Waals surface area contributed by atoms with Crippen LogP contribution >= 0.6 is 0 Å². The van der Waals surface area contributed by atoms with Crippen LogP contribution in [0.5, 0.6) is 0 Å². The molecule has 1 aromatic carbocycles. The van der Waals surface area contributed by atoms with Crippen LogP contribution in [-0.4, -0.2) is 68.1 Å². The second-order valence-corrected chi connectivity index (χ2v) is 6.72. The molecule has 1 fully saturated rings. The summed E-state index contributed by atoms with van der Waals surface area (Å²) in [6.45, 7) is 4.92. The van der Waals surface area contributed by atoms with Crippen LogP contribution in [0.4, 0.5) is 9.18 Å². The number of nitrogens with zero attached hydrogens (tertiary/aromatic N) is 3. The first kappa shape index (κ1) is 17.7. The Balaban J connectivity index is 1.90. The van der Waals surface area contributed by atoms with E-state index in [1.807, 2.05) is 39.0 Å². The fraction of sp³-hybridized carbons (Fsp3) is 0.611. The van der Waals surface area contributed by atoms with E-state index in [0.29, 0.717) is 5.92 Å². The van der Waals surface area contributed by atoms with Gasteiger partial charge < -0.3 is 14.7 Å². The Morgan fingerprint density at radius 2 is 1.87 bits per heavy atom. The molecule has 1 aliphatic rings. The summed E-state index contributed by atoms with van der Waals surface area (Å²) >= 11 is 0. The number of likely N-dealkylation sites (tertiary alicyclic amines) is 1. The van der Waals surface area contributed by atoms with Gasteiger partial charge in [0.25, 0.3) is 0 Å². The molecule has 1 heterocycles. The van der Waals surface area contributed by atoms with Crippen molar-refractivity contribution < 1.29 is 9.18 Å². The number of rotatable bonds is 4. The second kappa shape index (κ2) is 7.77. The van der Waals surface area contributed by atoms with Gasteiger partial charge in [-0.3, -0.25) is 0 Å². The third-order valence-electron chi connectivity index (χ3n) is 4.72. The van der Waals surface area contributed by atoms with Crippen molar-refractivity contribution in [2.75, 3.05) is 47.3 Å². The molecule has 1 saturated heterocycles. The number of benzene rings is 1. The van der Waals surface area contributed by atoms with E-state index in [-0.39, 0.29) is 11.8 Å². The Morgan fingerprint density at radius 3 is 2.48 bits per heavy atom. The van der Waals surface area contributed by atoms with E-state index in [0.717, 1.165) is 50.1 Å². The number of amides is 2. The molecular weight excluding hydrogens is 293 g/mol. The minimum absolute atomic E-state index is 0.0984. The molecule has 0 N–H and O–H groups in total. The molecule has 23 heavy (non-hydrogen) atoms. The third-order valence-corrected chi connectivity index (χ3v) is 4.72. The van der Waals surface area contributed by atoms with Gasteiger partial charge in [-0.15, -0.1) is 0 Å². The van der Waals surface area contributed by atoms with E-state index >= 15 is 0 Å². The summed E-state index contributed by atoms with van der Waals surface area (Å²) < 4.78 is 13.7. The molecule has 0 aliphatic carbocycles. The molecule has 0 atom stereocenters. The van der Waals surface area contributed by atoms with Gasteiger partial charge in [0.2, 0.25) is 0 Å². The molecule has 0 aromatic heterocycles. The zero-order valence-corrected chi connectivity index (χ0v) is 14.7. The van der Waals surface area contributed by atoms with E-state index < -0.39 is 0 Å². The predicted molar refractivity (Wildman–Crippen MR) is 91.3 cm³/mol. The lowest BCUT2D eigenvalue weighted by Gasteiger charge is -2.35.